The molecule has 0 fully saturated rings. The van der Waals surface area contributed by atoms with E-state index in [-0.39, 0.29) is 10.6 Å². The lowest BCUT2D eigenvalue weighted by atomic mass is 10.2. The first-order valence-electron chi connectivity index (χ1n) is 3.50. The Morgan fingerprint density at radius 2 is 2.15 bits per heavy atom. The van der Waals surface area contributed by atoms with Crippen LogP contribution in [0.15, 0.2) is 28.1 Å². The van der Waals surface area contributed by atoms with Gasteiger partial charge in [0.1, 0.15) is 0 Å². The minimum Gasteiger partial charge on any atom is -0.258 e. The van der Waals surface area contributed by atoms with Gasteiger partial charge >= 0.3 is 0 Å². The quantitative estimate of drug-likeness (QED) is 0.579. The van der Waals surface area contributed by atoms with E-state index in [1.54, 1.807) is 23.5 Å². The predicted molar refractivity (Wildman–Crippen MR) is 56.2 cm³/mol. The number of nitrogens with zero attached hydrogens (tertiary/aromatic N) is 1. The maximum absolute atomic E-state index is 10.4. The van der Waals surface area contributed by atoms with Gasteiger partial charge in [-0.05, 0) is 28.1 Å². The number of hydrogen-bond donors (Lipinski definition) is 0. The van der Waals surface area contributed by atoms with E-state index in [9.17, 15) is 10.1 Å². The molecule has 0 aliphatic heterocycles. The molecule has 0 unspecified atom stereocenters. The van der Waals surface area contributed by atoms with E-state index in [2.05, 4.69) is 15.9 Å². The van der Waals surface area contributed by atoms with Gasteiger partial charge in [0.15, 0.2) is 0 Å². The molecule has 66 valence electrons. The lowest BCUT2D eigenvalue weighted by Gasteiger charge is -1.89. The number of fused-ring (bicyclic) bond motifs is 1. The number of non-ortho nitro benzene ring substituents is 1. The molecule has 0 N–H and O–H groups in total. The van der Waals surface area contributed by atoms with Gasteiger partial charge in [-0.2, -0.15) is 0 Å². The minimum absolute atomic E-state index is 0.137. The summed E-state index contributed by atoms with van der Waals surface area (Å²) in [6.07, 6.45) is 0. The summed E-state index contributed by atoms with van der Waals surface area (Å²) in [7, 11) is 0. The van der Waals surface area contributed by atoms with Crippen LogP contribution in [-0.2, 0) is 0 Å². The van der Waals surface area contributed by atoms with Crippen LogP contribution in [0.1, 0.15) is 0 Å². The first kappa shape index (κ1) is 8.65. The summed E-state index contributed by atoms with van der Waals surface area (Å²) < 4.78 is 2.04. The number of rotatable bonds is 1. The smallest absolute Gasteiger partial charge is 0.258 e. The highest BCUT2D eigenvalue weighted by Gasteiger charge is 2.07. The van der Waals surface area contributed by atoms with Crippen LogP contribution >= 0.6 is 27.3 Å². The Bertz CT molecular complexity index is 480. The Balaban J connectivity index is 2.67. The van der Waals surface area contributed by atoms with Crippen LogP contribution in [0.3, 0.4) is 0 Å². The van der Waals surface area contributed by atoms with E-state index in [0.717, 1.165) is 13.9 Å². The second kappa shape index (κ2) is 3.08. The molecule has 13 heavy (non-hydrogen) atoms. The molecule has 3 nitrogen and oxygen atoms in total. The Kier molecular flexibility index (Phi) is 2.05. The zero-order valence-electron chi connectivity index (χ0n) is 6.36. The van der Waals surface area contributed by atoms with Crippen molar-refractivity contribution in [2.75, 3.05) is 0 Å². The van der Waals surface area contributed by atoms with Gasteiger partial charge in [0.2, 0.25) is 0 Å². The summed E-state index contributed by atoms with van der Waals surface area (Å²) in [5.41, 5.74) is 0.137. The Morgan fingerprint density at radius 1 is 1.38 bits per heavy atom. The highest BCUT2D eigenvalue weighted by molar-refractivity contribution is 9.11. The number of nitro benzene ring substituents is 1. The zero-order valence-corrected chi connectivity index (χ0v) is 8.76. The van der Waals surface area contributed by atoms with Gasteiger partial charge in [0, 0.05) is 22.2 Å². The van der Waals surface area contributed by atoms with Gasteiger partial charge in [0.25, 0.3) is 5.69 Å². The van der Waals surface area contributed by atoms with Crippen LogP contribution in [0.5, 0.6) is 0 Å². The second-order valence-electron chi connectivity index (χ2n) is 2.53. The van der Waals surface area contributed by atoms with Crippen LogP contribution in [0.2, 0.25) is 0 Å². The van der Waals surface area contributed by atoms with Crippen LogP contribution < -0.4 is 0 Å². The largest absolute Gasteiger partial charge is 0.270 e. The van der Waals surface area contributed by atoms with Crippen LogP contribution in [0.4, 0.5) is 5.69 Å². The molecular weight excluding hydrogens is 254 g/mol. The van der Waals surface area contributed by atoms with E-state index in [1.807, 2.05) is 6.07 Å². The molecule has 0 bridgehead atoms. The highest BCUT2D eigenvalue weighted by atomic mass is 79.9. The van der Waals surface area contributed by atoms with Crippen molar-refractivity contribution in [3.8, 4) is 0 Å². The van der Waals surface area contributed by atoms with Gasteiger partial charge in [-0.1, -0.05) is 0 Å². The molecule has 1 aromatic heterocycles. The molecule has 2 aromatic rings. The molecule has 0 aliphatic carbocycles. The van der Waals surface area contributed by atoms with Crippen molar-refractivity contribution in [1.82, 2.24) is 0 Å². The zero-order chi connectivity index (χ0) is 9.42. The van der Waals surface area contributed by atoms with Gasteiger partial charge in [0.05, 0.1) is 8.71 Å². The highest BCUT2D eigenvalue weighted by Crippen LogP contribution is 2.31. The van der Waals surface area contributed by atoms with Crippen LogP contribution in [-0.4, -0.2) is 4.92 Å². The summed E-state index contributed by atoms with van der Waals surface area (Å²) in [5, 5.41) is 11.4. The van der Waals surface area contributed by atoms with Crippen LogP contribution in [0.25, 0.3) is 10.1 Å². The maximum Gasteiger partial charge on any atom is 0.270 e. The van der Waals surface area contributed by atoms with Gasteiger partial charge < -0.3 is 0 Å². The van der Waals surface area contributed by atoms with Gasteiger partial charge in [-0.15, -0.1) is 11.3 Å². The maximum atomic E-state index is 10.4. The van der Waals surface area contributed by atoms with E-state index in [4.69, 9.17) is 0 Å². The number of nitro groups is 1. The fraction of sp³-hybridized carbons (Fsp3) is 0. The number of halogens is 1. The number of benzene rings is 1. The molecule has 0 radical (unpaired) electrons. The summed E-state index contributed by atoms with van der Waals surface area (Å²) >= 11 is 4.90. The summed E-state index contributed by atoms with van der Waals surface area (Å²) in [5.74, 6) is 0. The first-order chi connectivity index (χ1) is 6.16. The van der Waals surface area contributed by atoms with Crippen molar-refractivity contribution in [2.45, 2.75) is 0 Å². The first-order valence-corrected chi connectivity index (χ1v) is 5.11. The summed E-state index contributed by atoms with van der Waals surface area (Å²) in [6, 6.07) is 6.75. The molecule has 1 aromatic carbocycles. The average molecular weight is 258 g/mol. The topological polar surface area (TPSA) is 43.1 Å². The molecule has 0 saturated carbocycles. The summed E-state index contributed by atoms with van der Waals surface area (Å²) in [6.45, 7) is 0. The van der Waals surface area contributed by atoms with Crippen molar-refractivity contribution < 1.29 is 4.92 Å². The monoisotopic (exact) mass is 257 g/mol. The fourth-order valence-electron chi connectivity index (χ4n) is 1.11. The Morgan fingerprint density at radius 3 is 2.85 bits per heavy atom. The van der Waals surface area contributed by atoms with Crippen molar-refractivity contribution in [2.24, 2.45) is 0 Å². The second-order valence-corrected chi connectivity index (χ2v) is 4.99. The lowest BCUT2D eigenvalue weighted by molar-refractivity contribution is -0.384. The van der Waals surface area contributed by atoms with E-state index >= 15 is 0 Å². The van der Waals surface area contributed by atoms with E-state index in [1.165, 1.54) is 6.07 Å². The molecule has 1 heterocycles. The fourth-order valence-corrected chi connectivity index (χ4v) is 2.65. The molecule has 0 spiro atoms. The number of hydrogen-bond acceptors (Lipinski definition) is 3. The molecule has 2 rings (SSSR count). The molecule has 5 heteroatoms. The molecular formula is C8H4BrNO2S. The SMILES string of the molecule is O=[N+]([O-])c1ccc2sc(Br)cc2c1. The van der Waals surface area contributed by atoms with Gasteiger partial charge in [-0.25, -0.2) is 0 Å². The van der Waals surface area contributed by atoms with E-state index in [0.29, 0.717) is 0 Å². The summed E-state index contributed by atoms with van der Waals surface area (Å²) in [4.78, 5) is 10.1. The third-order valence-corrected chi connectivity index (χ3v) is 3.30. The van der Waals surface area contributed by atoms with Crippen molar-refractivity contribution in [1.29, 1.82) is 0 Å². The predicted octanol–water partition coefficient (Wildman–Crippen LogP) is 3.57. The Labute approximate surface area is 86.3 Å². The third-order valence-electron chi connectivity index (χ3n) is 1.68. The molecule has 0 atom stereocenters. The molecule has 0 aliphatic rings. The van der Waals surface area contributed by atoms with Crippen molar-refractivity contribution in [3.05, 3.63) is 38.2 Å². The Hall–Kier alpha value is -0.940. The van der Waals surface area contributed by atoms with E-state index < -0.39 is 0 Å². The van der Waals surface area contributed by atoms with Crippen LogP contribution in [0, 0.1) is 10.1 Å². The lowest BCUT2D eigenvalue weighted by Crippen LogP contribution is -1.85. The average Bonchev–Trinajstić information content (AvgIpc) is 2.42. The molecule has 0 amide bonds. The minimum atomic E-state index is -0.384. The molecule has 0 saturated heterocycles. The third kappa shape index (κ3) is 1.57. The normalized spacial score (nSPS) is 10.5. The van der Waals surface area contributed by atoms with Crippen molar-refractivity contribution >= 4 is 43.0 Å². The van der Waals surface area contributed by atoms with Crippen molar-refractivity contribution in [3.63, 3.8) is 0 Å². The number of thiophene rings is 1. The standard InChI is InChI=1S/C8H4BrNO2S/c9-8-4-5-3-6(10(11)12)1-2-7(5)13-8/h1-4H. The van der Waals surface area contributed by atoms with Gasteiger partial charge in [-0.3, -0.25) is 10.1 Å².